The van der Waals surface area contributed by atoms with Crippen LogP contribution in [0.1, 0.15) is 15.9 Å². The summed E-state index contributed by atoms with van der Waals surface area (Å²) in [6.45, 7) is 0.223. The van der Waals surface area contributed by atoms with Gasteiger partial charge in [0.05, 0.1) is 16.8 Å². The van der Waals surface area contributed by atoms with Crippen molar-refractivity contribution in [2.24, 2.45) is 0 Å². The summed E-state index contributed by atoms with van der Waals surface area (Å²) in [4.78, 5) is 12.1. The summed E-state index contributed by atoms with van der Waals surface area (Å²) in [5.74, 6) is -0.362. The summed E-state index contributed by atoms with van der Waals surface area (Å²) in [6, 6.07) is 11.4. The zero-order valence-corrected chi connectivity index (χ0v) is 14.5. The zero-order valence-electron chi connectivity index (χ0n) is 12.1. The summed E-state index contributed by atoms with van der Waals surface area (Å²) in [7, 11) is -3.35. The molecule has 0 saturated carbocycles. The maximum Gasteiger partial charge on any atom is 0.253 e. The highest BCUT2D eigenvalue weighted by Crippen LogP contribution is 2.20. The van der Waals surface area contributed by atoms with Gasteiger partial charge < -0.3 is 5.32 Å². The highest BCUT2D eigenvalue weighted by atomic mass is 35.5. The topological polar surface area (TPSA) is 75.3 Å². The molecule has 0 saturated heterocycles. The second kappa shape index (κ2) is 7.21. The van der Waals surface area contributed by atoms with Crippen LogP contribution in [0.25, 0.3) is 0 Å². The van der Waals surface area contributed by atoms with Crippen LogP contribution in [0, 0.1) is 0 Å². The molecule has 0 aliphatic heterocycles. The van der Waals surface area contributed by atoms with Gasteiger partial charge in [-0.25, -0.2) is 8.42 Å². The van der Waals surface area contributed by atoms with E-state index >= 15 is 0 Å². The first-order chi connectivity index (χ1) is 10.7. The number of rotatable bonds is 5. The number of carbonyl (C=O) groups is 1. The van der Waals surface area contributed by atoms with Crippen molar-refractivity contribution in [3.8, 4) is 0 Å². The molecule has 0 fully saturated rings. The number of hydrogen-bond acceptors (Lipinski definition) is 3. The first kappa shape index (κ1) is 17.6. The van der Waals surface area contributed by atoms with Crippen molar-refractivity contribution in [2.45, 2.75) is 6.54 Å². The summed E-state index contributed by atoms with van der Waals surface area (Å²) in [6.07, 6.45) is 1.07. The van der Waals surface area contributed by atoms with E-state index in [0.717, 1.165) is 11.8 Å². The Balaban J connectivity index is 2.07. The zero-order chi connectivity index (χ0) is 17.0. The third-order valence-corrected chi connectivity index (χ3v) is 4.03. The van der Waals surface area contributed by atoms with Crippen molar-refractivity contribution in [2.75, 3.05) is 11.0 Å². The van der Waals surface area contributed by atoms with Crippen LogP contribution in [0.4, 0.5) is 5.69 Å². The fourth-order valence-corrected chi connectivity index (χ4v) is 2.84. The second-order valence-electron chi connectivity index (χ2n) is 4.88. The maximum absolute atomic E-state index is 12.1. The van der Waals surface area contributed by atoms with E-state index in [1.165, 1.54) is 6.07 Å². The Bertz CT molecular complexity index is 838. The molecule has 2 rings (SSSR count). The van der Waals surface area contributed by atoms with Gasteiger partial charge in [-0.3, -0.25) is 9.52 Å². The Morgan fingerprint density at radius 3 is 2.57 bits per heavy atom. The van der Waals surface area contributed by atoms with E-state index in [9.17, 15) is 13.2 Å². The minimum absolute atomic E-state index is 0.223. The van der Waals surface area contributed by atoms with Gasteiger partial charge in [0, 0.05) is 17.3 Å². The summed E-state index contributed by atoms with van der Waals surface area (Å²) >= 11 is 11.8. The third-order valence-electron chi connectivity index (χ3n) is 2.86. The molecule has 0 aromatic heterocycles. The van der Waals surface area contributed by atoms with Crippen molar-refractivity contribution in [3.05, 3.63) is 63.6 Å². The molecule has 2 aromatic carbocycles. The van der Waals surface area contributed by atoms with E-state index in [4.69, 9.17) is 23.2 Å². The largest absolute Gasteiger partial charge is 0.348 e. The highest BCUT2D eigenvalue weighted by molar-refractivity contribution is 7.92. The molecular weight excluding hydrogens is 359 g/mol. The van der Waals surface area contributed by atoms with Crippen LogP contribution < -0.4 is 10.0 Å². The van der Waals surface area contributed by atoms with E-state index in [2.05, 4.69) is 10.0 Å². The number of nitrogens with one attached hydrogen (secondary N) is 2. The third kappa shape index (κ3) is 5.42. The van der Waals surface area contributed by atoms with Gasteiger partial charge in [-0.2, -0.15) is 0 Å². The molecule has 1 amide bonds. The molecule has 0 atom stereocenters. The lowest BCUT2D eigenvalue weighted by atomic mass is 10.2. The Morgan fingerprint density at radius 1 is 1.13 bits per heavy atom. The molecule has 122 valence electrons. The number of benzene rings is 2. The van der Waals surface area contributed by atoms with E-state index in [0.29, 0.717) is 15.7 Å². The molecule has 0 aliphatic rings. The fraction of sp³-hybridized carbons (Fsp3) is 0.133. The van der Waals surface area contributed by atoms with Gasteiger partial charge in [-0.05, 0) is 35.9 Å². The van der Waals surface area contributed by atoms with Crippen LogP contribution in [0.15, 0.2) is 42.5 Å². The predicted octanol–water partition coefficient (Wildman–Crippen LogP) is 3.29. The molecule has 0 spiro atoms. The van der Waals surface area contributed by atoms with Crippen LogP contribution in [0.2, 0.25) is 10.0 Å². The lowest BCUT2D eigenvalue weighted by Gasteiger charge is -2.09. The Kier molecular flexibility index (Phi) is 5.51. The molecule has 0 bridgehead atoms. The fourth-order valence-electron chi connectivity index (χ4n) is 1.91. The summed E-state index contributed by atoms with van der Waals surface area (Å²) in [5.41, 5.74) is 1.45. The number of halogens is 2. The lowest BCUT2D eigenvalue weighted by Crippen LogP contribution is -2.23. The minimum Gasteiger partial charge on any atom is -0.348 e. The molecule has 23 heavy (non-hydrogen) atoms. The molecule has 2 N–H and O–H groups in total. The average Bonchev–Trinajstić information content (AvgIpc) is 2.46. The van der Waals surface area contributed by atoms with Crippen LogP contribution in [0.3, 0.4) is 0 Å². The Labute approximate surface area is 144 Å². The highest BCUT2D eigenvalue weighted by Gasteiger charge is 2.11. The van der Waals surface area contributed by atoms with Gasteiger partial charge >= 0.3 is 0 Å². The van der Waals surface area contributed by atoms with Crippen LogP contribution in [0.5, 0.6) is 0 Å². The van der Waals surface area contributed by atoms with E-state index in [1.807, 2.05) is 0 Å². The summed E-state index contributed by atoms with van der Waals surface area (Å²) < 4.78 is 24.8. The van der Waals surface area contributed by atoms with Gasteiger partial charge in [-0.1, -0.05) is 35.3 Å². The second-order valence-corrected chi connectivity index (χ2v) is 7.47. The molecular formula is C15H14Cl2N2O3S. The predicted molar refractivity (Wildman–Crippen MR) is 92.5 cm³/mol. The van der Waals surface area contributed by atoms with Gasteiger partial charge in [-0.15, -0.1) is 0 Å². The van der Waals surface area contributed by atoms with Crippen LogP contribution in [-0.2, 0) is 16.6 Å². The molecule has 2 aromatic rings. The van der Waals surface area contributed by atoms with E-state index in [1.54, 1.807) is 36.4 Å². The lowest BCUT2D eigenvalue weighted by molar-refractivity contribution is 0.0951. The van der Waals surface area contributed by atoms with Crippen molar-refractivity contribution in [1.29, 1.82) is 0 Å². The quantitative estimate of drug-likeness (QED) is 0.845. The van der Waals surface area contributed by atoms with E-state index < -0.39 is 10.0 Å². The first-order valence-corrected chi connectivity index (χ1v) is 9.19. The van der Waals surface area contributed by atoms with Crippen molar-refractivity contribution in [3.63, 3.8) is 0 Å². The van der Waals surface area contributed by atoms with Crippen molar-refractivity contribution < 1.29 is 13.2 Å². The molecule has 0 aliphatic carbocycles. The monoisotopic (exact) mass is 372 g/mol. The number of sulfonamides is 1. The number of carbonyl (C=O) groups excluding carboxylic acids is 1. The normalized spacial score (nSPS) is 11.1. The molecule has 0 radical (unpaired) electrons. The van der Waals surface area contributed by atoms with Gasteiger partial charge in [0.15, 0.2) is 0 Å². The average molecular weight is 373 g/mol. The Morgan fingerprint density at radius 2 is 1.87 bits per heavy atom. The Hall–Kier alpha value is -1.76. The first-order valence-electron chi connectivity index (χ1n) is 6.54. The molecule has 0 unspecified atom stereocenters. The number of anilines is 1. The maximum atomic E-state index is 12.1. The van der Waals surface area contributed by atoms with Crippen LogP contribution >= 0.6 is 23.2 Å². The van der Waals surface area contributed by atoms with Gasteiger partial charge in [0.25, 0.3) is 5.91 Å². The molecule has 5 nitrogen and oxygen atoms in total. The SMILES string of the molecule is CS(=O)(=O)Nc1cccc(CNC(=O)c2cc(Cl)ccc2Cl)c1. The summed E-state index contributed by atoms with van der Waals surface area (Å²) in [5, 5.41) is 3.43. The van der Waals surface area contributed by atoms with E-state index in [-0.39, 0.29) is 18.0 Å². The van der Waals surface area contributed by atoms with Gasteiger partial charge in [0.1, 0.15) is 0 Å². The van der Waals surface area contributed by atoms with Crippen LogP contribution in [-0.4, -0.2) is 20.6 Å². The van der Waals surface area contributed by atoms with Gasteiger partial charge in [0.2, 0.25) is 10.0 Å². The molecule has 8 heteroatoms. The van der Waals surface area contributed by atoms with Crippen molar-refractivity contribution >= 4 is 44.8 Å². The smallest absolute Gasteiger partial charge is 0.253 e. The number of hydrogen-bond donors (Lipinski definition) is 2. The standard InChI is InChI=1S/C15H14Cl2N2O3S/c1-23(21,22)19-12-4-2-3-10(7-12)9-18-15(20)13-8-11(16)5-6-14(13)17/h2-8,19H,9H2,1H3,(H,18,20). The minimum atomic E-state index is -3.35. The molecule has 0 heterocycles. The van der Waals surface area contributed by atoms with Crippen molar-refractivity contribution in [1.82, 2.24) is 5.32 Å². The number of amides is 1.